The Morgan fingerprint density at radius 3 is 2.74 bits per heavy atom. The third-order valence-corrected chi connectivity index (χ3v) is 7.32. The summed E-state index contributed by atoms with van der Waals surface area (Å²) in [5, 5.41) is 18.0. The molecule has 9 nitrogen and oxygen atoms in total. The first kappa shape index (κ1) is 24.3. The molecule has 1 aliphatic heterocycles. The summed E-state index contributed by atoms with van der Waals surface area (Å²) in [6.07, 6.45) is 2.67. The molecule has 3 aromatic rings. The van der Waals surface area contributed by atoms with Crippen LogP contribution < -0.4 is 9.46 Å². The number of hydrogen-bond donors (Lipinski definition) is 2. The monoisotopic (exact) mass is 490 g/mol. The molecule has 1 aromatic heterocycles. The van der Waals surface area contributed by atoms with Crippen molar-refractivity contribution in [3.63, 3.8) is 0 Å². The van der Waals surface area contributed by atoms with Crippen LogP contribution in [-0.2, 0) is 21.3 Å². The van der Waals surface area contributed by atoms with Gasteiger partial charge in [0.1, 0.15) is 17.3 Å². The van der Waals surface area contributed by atoms with Crippen molar-refractivity contribution in [3.8, 4) is 17.0 Å². The van der Waals surface area contributed by atoms with Crippen LogP contribution in [0.15, 0.2) is 59.6 Å². The molecule has 34 heavy (non-hydrogen) atoms. The zero-order chi connectivity index (χ0) is 24.1. The van der Waals surface area contributed by atoms with Gasteiger partial charge < -0.3 is 14.6 Å². The van der Waals surface area contributed by atoms with Crippen molar-refractivity contribution in [3.05, 3.63) is 60.5 Å². The fraction of sp³-hybridized carbons (Fsp3) is 0.391. The average Bonchev–Trinajstić information content (AvgIpc) is 3.32. The van der Waals surface area contributed by atoms with Crippen molar-refractivity contribution < 1.29 is 27.4 Å². The van der Waals surface area contributed by atoms with E-state index in [0.29, 0.717) is 42.8 Å². The first-order chi connectivity index (χ1) is 16.4. The predicted molar refractivity (Wildman–Crippen MR) is 122 cm³/mol. The lowest BCUT2D eigenvalue weighted by atomic mass is 9.98. The van der Waals surface area contributed by atoms with Crippen LogP contribution in [0.2, 0.25) is 0 Å². The highest BCUT2D eigenvalue weighted by Crippen LogP contribution is 2.25. The maximum Gasteiger partial charge on any atom is 0.240 e. The Bertz CT molecular complexity index is 1200. The number of aliphatic hydroxyl groups is 1. The van der Waals surface area contributed by atoms with E-state index in [0.717, 1.165) is 0 Å². The number of aromatic nitrogens is 3. The number of aryl methyl sites for hydroxylation is 1. The molecule has 2 N–H and O–H groups in total. The van der Waals surface area contributed by atoms with Crippen molar-refractivity contribution in [2.75, 3.05) is 13.7 Å². The number of hydrogen-bond acceptors (Lipinski definition) is 7. The fourth-order valence-corrected chi connectivity index (χ4v) is 5.26. The molecule has 0 saturated carbocycles. The molecule has 182 valence electrons. The van der Waals surface area contributed by atoms with E-state index in [4.69, 9.17) is 9.47 Å². The van der Waals surface area contributed by atoms with E-state index in [-0.39, 0.29) is 23.4 Å². The number of rotatable bonds is 9. The van der Waals surface area contributed by atoms with Crippen LogP contribution in [0.3, 0.4) is 0 Å². The summed E-state index contributed by atoms with van der Waals surface area (Å²) in [5.74, 6) is 0.223. The normalized spacial score (nSPS) is 20.9. The summed E-state index contributed by atoms with van der Waals surface area (Å²) in [5.41, 5.74) is 1.22. The van der Waals surface area contributed by atoms with Crippen molar-refractivity contribution in [2.24, 2.45) is 0 Å². The van der Waals surface area contributed by atoms with Crippen LogP contribution in [0.5, 0.6) is 5.75 Å². The lowest BCUT2D eigenvalue weighted by Crippen LogP contribution is -2.50. The van der Waals surface area contributed by atoms with Crippen LogP contribution in [0.1, 0.15) is 19.3 Å². The van der Waals surface area contributed by atoms with Crippen LogP contribution in [0.25, 0.3) is 11.3 Å². The second kappa shape index (κ2) is 10.6. The van der Waals surface area contributed by atoms with Crippen LogP contribution in [0, 0.1) is 5.82 Å². The molecule has 4 rings (SSSR count). The lowest BCUT2D eigenvalue weighted by molar-refractivity contribution is -0.0891. The van der Waals surface area contributed by atoms with Crippen LogP contribution in [0.4, 0.5) is 4.39 Å². The Morgan fingerprint density at radius 2 is 2.03 bits per heavy atom. The number of nitrogens with zero attached hydrogens (tertiary/aromatic N) is 3. The third kappa shape index (κ3) is 5.79. The summed E-state index contributed by atoms with van der Waals surface area (Å²) < 4.78 is 54.3. The summed E-state index contributed by atoms with van der Waals surface area (Å²) >= 11 is 0. The number of sulfonamides is 1. The maximum absolute atomic E-state index is 13.4. The van der Waals surface area contributed by atoms with E-state index < -0.39 is 22.2 Å². The molecule has 3 atom stereocenters. The minimum absolute atomic E-state index is 0.118. The average molecular weight is 491 g/mol. The Morgan fingerprint density at radius 1 is 1.24 bits per heavy atom. The number of halogens is 1. The van der Waals surface area contributed by atoms with Crippen LogP contribution >= 0.6 is 0 Å². The number of nitrogens with one attached hydrogen (secondary N) is 1. The van der Waals surface area contributed by atoms with Gasteiger partial charge in [0.15, 0.2) is 0 Å². The smallest absolute Gasteiger partial charge is 0.240 e. The Kier molecular flexibility index (Phi) is 7.57. The highest BCUT2D eigenvalue weighted by Gasteiger charge is 2.34. The van der Waals surface area contributed by atoms with Gasteiger partial charge in [-0.1, -0.05) is 17.3 Å². The third-order valence-electron chi connectivity index (χ3n) is 5.81. The Hall–Kier alpha value is -2.86. The topological polar surface area (TPSA) is 116 Å². The highest BCUT2D eigenvalue weighted by molar-refractivity contribution is 7.89. The van der Waals surface area contributed by atoms with Gasteiger partial charge in [-0.3, -0.25) is 4.68 Å². The van der Waals surface area contributed by atoms with Crippen molar-refractivity contribution in [2.45, 2.75) is 49.0 Å². The first-order valence-corrected chi connectivity index (χ1v) is 12.4. The summed E-state index contributed by atoms with van der Waals surface area (Å²) in [7, 11) is -2.26. The zero-order valence-electron chi connectivity index (χ0n) is 18.7. The zero-order valence-corrected chi connectivity index (χ0v) is 19.5. The second-order valence-corrected chi connectivity index (χ2v) is 9.84. The molecule has 0 bridgehead atoms. The van der Waals surface area contributed by atoms with E-state index in [1.54, 1.807) is 35.1 Å². The SMILES string of the molecule is COc1ccc(S(=O)(=O)N[C@@H]2CC[C@@H](CCn3cc(-c4cccc(F)c4)nn3)O[C@H]2CO)cc1. The quantitative estimate of drug-likeness (QED) is 0.473. The van der Waals surface area contributed by atoms with Crippen LogP contribution in [-0.4, -0.2) is 60.5 Å². The molecular weight excluding hydrogens is 463 g/mol. The molecule has 1 aliphatic rings. The second-order valence-electron chi connectivity index (χ2n) is 8.13. The lowest BCUT2D eigenvalue weighted by Gasteiger charge is -2.36. The summed E-state index contributed by atoms with van der Waals surface area (Å²) in [6, 6.07) is 11.7. The van der Waals surface area contributed by atoms with Crippen molar-refractivity contribution in [1.29, 1.82) is 0 Å². The van der Waals surface area contributed by atoms with Gasteiger partial charge in [-0.05, 0) is 55.7 Å². The van der Waals surface area contributed by atoms with Gasteiger partial charge in [0.25, 0.3) is 0 Å². The molecule has 2 aromatic carbocycles. The number of methoxy groups -OCH3 is 1. The summed E-state index contributed by atoms with van der Waals surface area (Å²) in [6.45, 7) is 0.215. The van der Waals surface area contributed by atoms with Gasteiger partial charge in [-0.2, -0.15) is 0 Å². The molecule has 0 spiro atoms. The number of aliphatic hydroxyl groups excluding tert-OH is 1. The maximum atomic E-state index is 13.4. The van der Waals surface area contributed by atoms with E-state index in [1.165, 1.54) is 31.4 Å². The number of ether oxygens (including phenoxy) is 2. The van der Waals surface area contributed by atoms with Gasteiger partial charge in [0, 0.05) is 12.1 Å². The predicted octanol–water partition coefficient (Wildman–Crippen LogP) is 2.37. The van der Waals surface area contributed by atoms with E-state index in [1.807, 2.05) is 0 Å². The molecule has 0 unspecified atom stereocenters. The molecule has 1 fully saturated rings. The fourth-order valence-electron chi connectivity index (χ4n) is 3.97. The molecule has 11 heteroatoms. The van der Waals surface area contributed by atoms with Crippen molar-refractivity contribution >= 4 is 10.0 Å². The van der Waals surface area contributed by atoms with Crippen molar-refractivity contribution in [1.82, 2.24) is 19.7 Å². The number of benzene rings is 2. The van der Waals surface area contributed by atoms with E-state index in [9.17, 15) is 17.9 Å². The first-order valence-electron chi connectivity index (χ1n) is 11.0. The molecule has 0 amide bonds. The standard InChI is InChI=1S/C23H27FN4O5S/c1-32-18-5-8-20(9-6-18)34(30,31)26-21-10-7-19(33-23(21)15-29)11-12-28-14-22(25-27-28)16-3-2-4-17(24)13-16/h2-6,8-9,13-14,19,21,23,26,29H,7,10-12,15H2,1H3/t19-,21+,23-/m0/s1. The minimum atomic E-state index is -3.77. The van der Waals surface area contributed by atoms with E-state index in [2.05, 4.69) is 15.0 Å². The highest BCUT2D eigenvalue weighted by atomic mass is 32.2. The Balaban J connectivity index is 1.33. The molecule has 0 radical (unpaired) electrons. The minimum Gasteiger partial charge on any atom is -0.497 e. The molecule has 1 saturated heterocycles. The van der Waals surface area contributed by atoms with E-state index >= 15 is 0 Å². The summed E-state index contributed by atoms with van der Waals surface area (Å²) in [4.78, 5) is 0.118. The Labute approximate surface area is 197 Å². The molecule has 0 aliphatic carbocycles. The van der Waals surface area contributed by atoms with Gasteiger partial charge in [-0.25, -0.2) is 17.5 Å². The molecular formula is C23H27FN4O5S. The van der Waals surface area contributed by atoms with Gasteiger partial charge in [0.05, 0.1) is 43.1 Å². The van der Waals surface area contributed by atoms with Gasteiger partial charge in [-0.15, -0.1) is 5.10 Å². The largest absolute Gasteiger partial charge is 0.497 e. The molecule has 2 heterocycles. The van der Waals surface area contributed by atoms with Gasteiger partial charge >= 0.3 is 0 Å². The van der Waals surface area contributed by atoms with Gasteiger partial charge in [0.2, 0.25) is 10.0 Å².